The van der Waals surface area contributed by atoms with Gasteiger partial charge < -0.3 is 5.32 Å². The van der Waals surface area contributed by atoms with Crippen LogP contribution >= 0.6 is 23.4 Å². The van der Waals surface area contributed by atoms with Crippen LogP contribution in [0.5, 0.6) is 0 Å². The molecule has 1 saturated heterocycles. The lowest BCUT2D eigenvalue weighted by Crippen LogP contribution is -2.37. The molecule has 0 bridgehead atoms. The van der Waals surface area contributed by atoms with Gasteiger partial charge >= 0.3 is 0 Å². The Morgan fingerprint density at radius 2 is 1.77 bits per heavy atom. The Kier molecular flexibility index (Phi) is 5.75. The van der Waals surface area contributed by atoms with Crippen LogP contribution < -0.4 is 5.32 Å². The van der Waals surface area contributed by atoms with E-state index in [4.69, 9.17) is 11.6 Å². The number of amides is 3. The number of nitrogens with zero attached hydrogens (tertiary/aromatic N) is 1. The Balaban J connectivity index is 1.59. The van der Waals surface area contributed by atoms with Gasteiger partial charge in [-0.05, 0) is 35.5 Å². The summed E-state index contributed by atoms with van der Waals surface area (Å²) in [6.07, 6.45) is 1.69. The number of rotatable bonds is 5. The van der Waals surface area contributed by atoms with Gasteiger partial charge in [-0.15, -0.1) is 0 Å². The molecule has 2 aromatic carbocycles. The molecule has 0 atom stereocenters. The third-order valence-corrected chi connectivity index (χ3v) is 4.95. The fraction of sp³-hybridized carbons (Fsp3) is 0.105. The molecule has 1 aliphatic heterocycles. The van der Waals surface area contributed by atoms with Gasteiger partial charge in [-0.2, -0.15) is 0 Å². The average molecular weight is 387 g/mol. The highest BCUT2D eigenvalue weighted by atomic mass is 35.5. The summed E-state index contributed by atoms with van der Waals surface area (Å²) in [4.78, 5) is 38.1. The highest BCUT2D eigenvalue weighted by Gasteiger charge is 2.34. The number of carbonyl (C=O) groups is 3. The van der Waals surface area contributed by atoms with E-state index in [2.05, 4.69) is 5.32 Å². The molecule has 1 fully saturated rings. The first kappa shape index (κ1) is 18.2. The quantitative estimate of drug-likeness (QED) is 0.793. The smallest absolute Gasteiger partial charge is 0.293 e. The minimum atomic E-state index is -0.351. The number of benzene rings is 2. The molecule has 132 valence electrons. The number of thioether (sulfide) groups is 1. The molecule has 3 amide bonds. The average Bonchev–Trinajstić information content (AvgIpc) is 2.90. The molecule has 0 aliphatic carbocycles. The zero-order valence-corrected chi connectivity index (χ0v) is 15.2. The number of hydrogen-bond donors (Lipinski definition) is 1. The van der Waals surface area contributed by atoms with E-state index < -0.39 is 0 Å². The molecule has 0 saturated carbocycles. The van der Waals surface area contributed by atoms with Gasteiger partial charge in [0.25, 0.3) is 17.1 Å². The topological polar surface area (TPSA) is 66.5 Å². The van der Waals surface area contributed by atoms with Crippen molar-refractivity contribution >= 4 is 46.5 Å². The van der Waals surface area contributed by atoms with Crippen LogP contribution in [0.3, 0.4) is 0 Å². The predicted octanol–water partition coefficient (Wildman–Crippen LogP) is 3.81. The Bertz CT molecular complexity index is 883. The SMILES string of the molecule is O=C(NCCN1C(=O)S/C(=C\c2ccccc2)C1=O)c1ccccc1Cl. The highest BCUT2D eigenvalue weighted by Crippen LogP contribution is 2.31. The molecule has 7 heteroatoms. The van der Waals surface area contributed by atoms with Crippen molar-refractivity contribution in [1.82, 2.24) is 10.2 Å². The van der Waals surface area contributed by atoms with Crippen molar-refractivity contribution in [2.75, 3.05) is 13.1 Å². The minimum absolute atomic E-state index is 0.104. The molecule has 0 spiro atoms. The Morgan fingerprint density at radius 3 is 2.50 bits per heavy atom. The summed E-state index contributed by atoms with van der Waals surface area (Å²) in [5, 5.41) is 2.68. The van der Waals surface area contributed by atoms with Gasteiger partial charge in [-0.3, -0.25) is 19.3 Å². The van der Waals surface area contributed by atoms with Crippen molar-refractivity contribution in [3.05, 3.63) is 75.7 Å². The first-order valence-electron chi connectivity index (χ1n) is 7.89. The molecule has 0 radical (unpaired) electrons. The maximum absolute atomic E-state index is 12.4. The van der Waals surface area contributed by atoms with E-state index in [1.807, 2.05) is 30.3 Å². The third-order valence-electron chi connectivity index (χ3n) is 3.71. The first-order chi connectivity index (χ1) is 12.6. The molecule has 1 heterocycles. The first-order valence-corrected chi connectivity index (χ1v) is 9.09. The molecular formula is C19H15ClN2O3S. The third kappa shape index (κ3) is 4.15. The van der Waals surface area contributed by atoms with E-state index in [1.165, 1.54) is 0 Å². The molecular weight excluding hydrogens is 372 g/mol. The second-order valence-corrected chi connectivity index (χ2v) is 6.88. The summed E-state index contributed by atoms with van der Waals surface area (Å²) in [6, 6.07) is 16.0. The standard InChI is InChI=1S/C19H15ClN2O3S/c20-15-9-5-4-8-14(15)17(23)21-10-11-22-18(24)16(26-19(22)25)12-13-6-2-1-3-7-13/h1-9,12H,10-11H2,(H,21,23)/b16-12-. The van der Waals surface area contributed by atoms with Crippen molar-refractivity contribution in [1.29, 1.82) is 0 Å². The van der Waals surface area contributed by atoms with Crippen molar-refractivity contribution < 1.29 is 14.4 Å². The molecule has 26 heavy (non-hydrogen) atoms. The fourth-order valence-electron chi connectivity index (χ4n) is 2.42. The van der Waals surface area contributed by atoms with Gasteiger partial charge in [0.15, 0.2) is 0 Å². The Labute approximate surface area is 160 Å². The van der Waals surface area contributed by atoms with Gasteiger partial charge in [0, 0.05) is 13.1 Å². The summed E-state index contributed by atoms with van der Waals surface area (Å²) >= 11 is 6.88. The van der Waals surface area contributed by atoms with E-state index in [0.717, 1.165) is 22.2 Å². The minimum Gasteiger partial charge on any atom is -0.350 e. The molecule has 3 rings (SSSR count). The number of hydrogen-bond acceptors (Lipinski definition) is 4. The van der Waals surface area contributed by atoms with Gasteiger partial charge in [-0.25, -0.2) is 0 Å². The fourth-order valence-corrected chi connectivity index (χ4v) is 3.50. The normalized spacial score (nSPS) is 15.6. The molecule has 0 unspecified atom stereocenters. The lowest BCUT2D eigenvalue weighted by atomic mass is 10.2. The van der Waals surface area contributed by atoms with Gasteiger partial charge in [0.2, 0.25) is 0 Å². The van der Waals surface area contributed by atoms with E-state index in [0.29, 0.717) is 15.5 Å². The summed E-state index contributed by atoms with van der Waals surface area (Å²) in [7, 11) is 0. The maximum atomic E-state index is 12.4. The van der Waals surface area contributed by atoms with Crippen LogP contribution in [-0.4, -0.2) is 35.0 Å². The van der Waals surface area contributed by atoms with Crippen LogP contribution in [0.25, 0.3) is 6.08 Å². The predicted molar refractivity (Wildman–Crippen MR) is 103 cm³/mol. The lowest BCUT2D eigenvalue weighted by molar-refractivity contribution is -0.122. The van der Waals surface area contributed by atoms with Crippen LogP contribution in [0.1, 0.15) is 15.9 Å². The van der Waals surface area contributed by atoms with Gasteiger partial charge in [0.05, 0.1) is 15.5 Å². The number of imide groups is 1. The second kappa shape index (κ2) is 8.21. The highest BCUT2D eigenvalue weighted by molar-refractivity contribution is 8.18. The van der Waals surface area contributed by atoms with Crippen LogP contribution in [-0.2, 0) is 4.79 Å². The van der Waals surface area contributed by atoms with Crippen molar-refractivity contribution in [3.63, 3.8) is 0 Å². The molecule has 1 aliphatic rings. The van der Waals surface area contributed by atoms with E-state index in [9.17, 15) is 14.4 Å². The summed E-state index contributed by atoms with van der Waals surface area (Å²) in [5.74, 6) is -0.696. The molecule has 1 N–H and O–H groups in total. The summed E-state index contributed by atoms with van der Waals surface area (Å²) in [5.41, 5.74) is 1.21. The van der Waals surface area contributed by atoms with Crippen molar-refractivity contribution in [3.8, 4) is 0 Å². The van der Waals surface area contributed by atoms with E-state index in [1.54, 1.807) is 30.3 Å². The van der Waals surface area contributed by atoms with Crippen LogP contribution in [0.4, 0.5) is 4.79 Å². The van der Waals surface area contributed by atoms with E-state index >= 15 is 0 Å². The van der Waals surface area contributed by atoms with Crippen LogP contribution in [0.15, 0.2) is 59.5 Å². The lowest BCUT2D eigenvalue weighted by Gasteiger charge is -2.13. The summed E-state index contributed by atoms with van der Waals surface area (Å²) in [6.45, 7) is 0.258. The maximum Gasteiger partial charge on any atom is 0.293 e. The Morgan fingerprint density at radius 1 is 1.08 bits per heavy atom. The number of nitrogens with one attached hydrogen (secondary N) is 1. The monoisotopic (exact) mass is 386 g/mol. The van der Waals surface area contributed by atoms with Gasteiger partial charge in [0.1, 0.15) is 0 Å². The van der Waals surface area contributed by atoms with Crippen molar-refractivity contribution in [2.24, 2.45) is 0 Å². The van der Waals surface area contributed by atoms with Crippen molar-refractivity contribution in [2.45, 2.75) is 0 Å². The van der Waals surface area contributed by atoms with Crippen LogP contribution in [0.2, 0.25) is 5.02 Å². The van der Waals surface area contributed by atoms with Crippen LogP contribution in [0, 0.1) is 0 Å². The molecule has 5 nitrogen and oxygen atoms in total. The zero-order chi connectivity index (χ0) is 18.5. The van der Waals surface area contributed by atoms with E-state index in [-0.39, 0.29) is 30.1 Å². The largest absolute Gasteiger partial charge is 0.350 e. The van der Waals surface area contributed by atoms with Gasteiger partial charge in [-0.1, -0.05) is 54.1 Å². The number of halogens is 1. The summed E-state index contributed by atoms with van der Waals surface area (Å²) < 4.78 is 0. The molecule has 2 aromatic rings. The number of carbonyl (C=O) groups excluding carboxylic acids is 3. The second-order valence-electron chi connectivity index (χ2n) is 5.48. The Hall–Kier alpha value is -2.57. The zero-order valence-electron chi connectivity index (χ0n) is 13.6. The molecule has 0 aromatic heterocycles.